The van der Waals surface area contributed by atoms with Gasteiger partial charge in [0, 0.05) is 12.5 Å². The molecule has 0 bridgehead atoms. The third-order valence-electron chi connectivity index (χ3n) is 2.23. The quantitative estimate of drug-likeness (QED) is 0.798. The third-order valence-corrected chi connectivity index (χ3v) is 3.82. The van der Waals surface area contributed by atoms with Crippen molar-refractivity contribution < 1.29 is 12.8 Å². The molecule has 0 amide bonds. The van der Waals surface area contributed by atoms with Crippen molar-refractivity contribution >= 4 is 10.0 Å². The fourth-order valence-corrected chi connectivity index (χ4v) is 2.95. The summed E-state index contributed by atoms with van der Waals surface area (Å²) in [5.41, 5.74) is 0. The van der Waals surface area contributed by atoms with Crippen LogP contribution in [0.1, 0.15) is 32.4 Å². The summed E-state index contributed by atoms with van der Waals surface area (Å²) >= 11 is 0. The SMILES string of the molecule is CCCCS(=O)(=O)N[C@H](C)Cc1ccco1. The second-order valence-electron chi connectivity index (χ2n) is 3.97. The standard InChI is InChI=1S/C11H19NO3S/c1-3-4-8-16(13,14)12-10(2)9-11-6-5-7-15-11/h5-7,10,12H,3-4,8-9H2,1-2H3/t10-/m1/s1. The van der Waals surface area contributed by atoms with Crippen LogP contribution < -0.4 is 4.72 Å². The van der Waals surface area contributed by atoms with E-state index in [1.165, 1.54) is 0 Å². The predicted octanol–water partition coefficient (Wildman–Crippen LogP) is 1.93. The Labute approximate surface area is 97.1 Å². The van der Waals surface area contributed by atoms with Gasteiger partial charge in [-0.25, -0.2) is 13.1 Å². The van der Waals surface area contributed by atoms with Crippen LogP contribution in [-0.4, -0.2) is 20.2 Å². The molecule has 1 N–H and O–H groups in total. The Bertz CT molecular complexity index is 383. The lowest BCUT2D eigenvalue weighted by Crippen LogP contribution is -2.35. The van der Waals surface area contributed by atoms with Gasteiger partial charge in [0.25, 0.3) is 0 Å². The van der Waals surface area contributed by atoms with Gasteiger partial charge in [-0.2, -0.15) is 0 Å². The Kier molecular flexibility index (Phi) is 5.02. The summed E-state index contributed by atoms with van der Waals surface area (Å²) in [6.45, 7) is 3.81. The van der Waals surface area contributed by atoms with E-state index in [0.717, 1.165) is 12.2 Å². The molecule has 1 atom stereocenters. The van der Waals surface area contributed by atoms with Gasteiger partial charge in [-0.1, -0.05) is 13.3 Å². The van der Waals surface area contributed by atoms with Crippen molar-refractivity contribution in [1.29, 1.82) is 0 Å². The molecular formula is C11H19NO3S. The van der Waals surface area contributed by atoms with Gasteiger partial charge in [0.2, 0.25) is 10.0 Å². The maximum Gasteiger partial charge on any atom is 0.211 e. The first-order chi connectivity index (χ1) is 7.53. The molecule has 0 fully saturated rings. The number of hydrogen-bond donors (Lipinski definition) is 1. The lowest BCUT2D eigenvalue weighted by molar-refractivity contribution is 0.478. The van der Waals surface area contributed by atoms with Crippen LogP contribution in [-0.2, 0) is 16.4 Å². The lowest BCUT2D eigenvalue weighted by Gasteiger charge is -2.12. The summed E-state index contributed by atoms with van der Waals surface area (Å²) in [6.07, 6.45) is 3.75. The number of rotatable bonds is 7. The minimum Gasteiger partial charge on any atom is -0.469 e. The molecule has 0 spiro atoms. The number of hydrogen-bond acceptors (Lipinski definition) is 3. The Hall–Kier alpha value is -0.810. The van der Waals surface area contributed by atoms with Gasteiger partial charge in [0.15, 0.2) is 0 Å². The van der Waals surface area contributed by atoms with Gasteiger partial charge in [0.05, 0.1) is 12.0 Å². The van der Waals surface area contributed by atoms with Gasteiger partial charge in [-0.3, -0.25) is 0 Å². The van der Waals surface area contributed by atoms with Crippen molar-refractivity contribution in [3.63, 3.8) is 0 Å². The first-order valence-corrected chi connectivity index (χ1v) is 7.21. The second kappa shape index (κ2) is 6.06. The van der Waals surface area contributed by atoms with Crippen LogP contribution in [0, 0.1) is 0 Å². The topological polar surface area (TPSA) is 59.3 Å². The minimum absolute atomic E-state index is 0.131. The molecule has 0 aliphatic carbocycles. The summed E-state index contributed by atoms with van der Waals surface area (Å²) in [4.78, 5) is 0. The van der Waals surface area contributed by atoms with Crippen LogP contribution in [0.5, 0.6) is 0 Å². The summed E-state index contributed by atoms with van der Waals surface area (Å²) in [7, 11) is -3.14. The molecule has 0 saturated heterocycles. The van der Waals surface area contributed by atoms with E-state index in [9.17, 15) is 8.42 Å². The van der Waals surface area contributed by atoms with Crippen molar-refractivity contribution in [2.45, 2.75) is 39.2 Å². The van der Waals surface area contributed by atoms with Crippen LogP contribution in [0.2, 0.25) is 0 Å². The zero-order valence-corrected chi connectivity index (χ0v) is 10.6. The first kappa shape index (κ1) is 13.3. The van der Waals surface area contributed by atoms with E-state index in [4.69, 9.17) is 4.42 Å². The highest BCUT2D eigenvalue weighted by Crippen LogP contribution is 2.05. The zero-order chi connectivity index (χ0) is 12.0. The van der Waals surface area contributed by atoms with Gasteiger partial charge in [-0.15, -0.1) is 0 Å². The van der Waals surface area contributed by atoms with Crippen LogP contribution in [0.4, 0.5) is 0 Å². The van der Waals surface area contributed by atoms with Crippen LogP contribution in [0.25, 0.3) is 0 Å². The van der Waals surface area contributed by atoms with E-state index < -0.39 is 10.0 Å². The predicted molar refractivity (Wildman–Crippen MR) is 63.7 cm³/mol. The third kappa shape index (κ3) is 4.81. The van der Waals surface area contributed by atoms with Crippen LogP contribution in [0.15, 0.2) is 22.8 Å². The molecule has 0 radical (unpaired) electrons. The highest BCUT2D eigenvalue weighted by atomic mass is 32.2. The van der Waals surface area contributed by atoms with Crippen LogP contribution >= 0.6 is 0 Å². The Balaban J connectivity index is 2.41. The van der Waals surface area contributed by atoms with Gasteiger partial charge >= 0.3 is 0 Å². The van der Waals surface area contributed by atoms with Gasteiger partial charge in [0.1, 0.15) is 5.76 Å². The van der Waals surface area contributed by atoms with Crippen LogP contribution in [0.3, 0.4) is 0 Å². The van der Waals surface area contributed by atoms with E-state index >= 15 is 0 Å². The molecule has 1 heterocycles. The largest absolute Gasteiger partial charge is 0.469 e. The molecule has 4 nitrogen and oxygen atoms in total. The minimum atomic E-state index is -3.14. The maximum absolute atomic E-state index is 11.6. The zero-order valence-electron chi connectivity index (χ0n) is 9.77. The Morgan fingerprint density at radius 2 is 2.25 bits per heavy atom. The van der Waals surface area contributed by atoms with Crippen molar-refractivity contribution in [1.82, 2.24) is 4.72 Å². The molecule has 16 heavy (non-hydrogen) atoms. The summed E-state index contributed by atoms with van der Waals surface area (Å²) in [5.74, 6) is 0.997. The number of furan rings is 1. The summed E-state index contributed by atoms with van der Waals surface area (Å²) < 4.78 is 31.0. The van der Waals surface area contributed by atoms with Crippen molar-refractivity contribution in [3.05, 3.63) is 24.2 Å². The summed E-state index contributed by atoms with van der Waals surface area (Å²) in [5, 5.41) is 0. The molecule has 0 saturated carbocycles. The van der Waals surface area contributed by atoms with Crippen molar-refractivity contribution in [3.8, 4) is 0 Å². The molecule has 0 aromatic carbocycles. The number of nitrogens with one attached hydrogen (secondary N) is 1. The van der Waals surface area contributed by atoms with Crippen molar-refractivity contribution in [2.75, 3.05) is 5.75 Å². The average molecular weight is 245 g/mol. The highest BCUT2D eigenvalue weighted by Gasteiger charge is 2.14. The number of sulfonamides is 1. The fourth-order valence-electron chi connectivity index (χ4n) is 1.47. The molecule has 1 aromatic heterocycles. The van der Waals surface area contributed by atoms with E-state index in [1.807, 2.05) is 19.9 Å². The first-order valence-electron chi connectivity index (χ1n) is 5.56. The normalized spacial score (nSPS) is 13.9. The fraction of sp³-hybridized carbons (Fsp3) is 0.636. The Morgan fingerprint density at radius 1 is 1.50 bits per heavy atom. The van der Waals surface area contributed by atoms with E-state index in [-0.39, 0.29) is 11.8 Å². The second-order valence-corrected chi connectivity index (χ2v) is 5.85. The monoisotopic (exact) mass is 245 g/mol. The maximum atomic E-state index is 11.6. The van der Waals surface area contributed by atoms with E-state index in [2.05, 4.69) is 4.72 Å². The number of unbranched alkanes of at least 4 members (excludes halogenated alkanes) is 1. The Morgan fingerprint density at radius 3 is 2.81 bits per heavy atom. The highest BCUT2D eigenvalue weighted by molar-refractivity contribution is 7.89. The summed E-state index contributed by atoms with van der Waals surface area (Å²) in [6, 6.07) is 3.51. The molecule has 0 aliphatic heterocycles. The average Bonchev–Trinajstić information content (AvgIpc) is 2.66. The molecule has 0 aliphatic rings. The molecule has 5 heteroatoms. The molecule has 1 aromatic rings. The molecule has 0 unspecified atom stereocenters. The van der Waals surface area contributed by atoms with E-state index in [0.29, 0.717) is 12.8 Å². The molecular weight excluding hydrogens is 226 g/mol. The van der Waals surface area contributed by atoms with Crippen molar-refractivity contribution in [2.24, 2.45) is 0 Å². The van der Waals surface area contributed by atoms with Gasteiger partial charge < -0.3 is 4.42 Å². The molecule has 92 valence electrons. The van der Waals surface area contributed by atoms with Gasteiger partial charge in [-0.05, 0) is 25.5 Å². The van der Waals surface area contributed by atoms with E-state index in [1.54, 1.807) is 12.3 Å². The lowest BCUT2D eigenvalue weighted by atomic mass is 10.2. The molecule has 1 rings (SSSR count). The smallest absolute Gasteiger partial charge is 0.211 e.